The molecule has 1 aromatic carbocycles. The molecule has 2 heterocycles. The maximum atomic E-state index is 12.5. The number of H-pyrrole nitrogens is 1. The summed E-state index contributed by atoms with van der Waals surface area (Å²) >= 11 is 0. The van der Waals surface area contributed by atoms with Crippen molar-refractivity contribution in [3.8, 4) is 5.75 Å². The molecule has 0 bridgehead atoms. The van der Waals surface area contributed by atoms with Gasteiger partial charge in [-0.05, 0) is 42.9 Å². The predicted octanol–water partition coefficient (Wildman–Crippen LogP) is 4.74. The van der Waals surface area contributed by atoms with Gasteiger partial charge in [0, 0.05) is 18.5 Å². The summed E-state index contributed by atoms with van der Waals surface area (Å²) < 4.78 is 5.78. The van der Waals surface area contributed by atoms with Gasteiger partial charge in [-0.15, -0.1) is 0 Å². The Balaban J connectivity index is 1.24. The zero-order valence-electron chi connectivity index (χ0n) is 18.8. The van der Waals surface area contributed by atoms with Gasteiger partial charge in [-0.1, -0.05) is 45.4 Å². The normalized spacial score (nSPS) is 18.2. The number of hydrogen-bond acceptors (Lipinski definition) is 6. The van der Waals surface area contributed by atoms with Crippen molar-refractivity contribution < 1.29 is 4.74 Å². The van der Waals surface area contributed by atoms with E-state index in [9.17, 15) is 4.79 Å². The molecule has 1 fully saturated rings. The lowest BCUT2D eigenvalue weighted by molar-refractivity contribution is 0.333. The Morgan fingerprint density at radius 1 is 1.16 bits per heavy atom. The highest BCUT2D eigenvalue weighted by molar-refractivity contribution is 5.75. The smallest absolute Gasteiger partial charge is 0.270 e. The number of nitrogens with zero attached hydrogens (tertiary/aromatic N) is 3. The van der Waals surface area contributed by atoms with Crippen LogP contribution >= 0.6 is 0 Å². The fourth-order valence-corrected chi connectivity index (χ4v) is 4.61. The van der Waals surface area contributed by atoms with Gasteiger partial charge in [0.25, 0.3) is 5.56 Å². The Morgan fingerprint density at radius 3 is 2.84 bits per heavy atom. The first-order chi connectivity index (χ1) is 15.7. The molecule has 1 saturated carbocycles. The second-order valence-electron chi connectivity index (χ2n) is 8.81. The van der Waals surface area contributed by atoms with Crippen LogP contribution in [-0.4, -0.2) is 33.1 Å². The molecule has 1 aliphatic rings. The predicted molar refractivity (Wildman–Crippen MR) is 127 cm³/mol. The van der Waals surface area contributed by atoms with E-state index in [2.05, 4.69) is 32.2 Å². The van der Waals surface area contributed by atoms with E-state index in [-0.39, 0.29) is 5.56 Å². The van der Waals surface area contributed by atoms with Crippen molar-refractivity contribution in [2.24, 2.45) is 11.8 Å². The second-order valence-corrected chi connectivity index (χ2v) is 8.81. The van der Waals surface area contributed by atoms with Crippen LogP contribution in [0.1, 0.15) is 57.6 Å². The maximum Gasteiger partial charge on any atom is 0.270 e. The van der Waals surface area contributed by atoms with Crippen LogP contribution in [0.2, 0.25) is 0 Å². The molecule has 0 spiro atoms. The molecule has 3 aromatic rings. The van der Waals surface area contributed by atoms with Crippen LogP contribution in [0.25, 0.3) is 11.0 Å². The van der Waals surface area contributed by atoms with E-state index in [0.29, 0.717) is 36.1 Å². The molecule has 0 amide bonds. The lowest BCUT2D eigenvalue weighted by Crippen LogP contribution is -2.15. The maximum absolute atomic E-state index is 12.5. The van der Waals surface area contributed by atoms with Crippen molar-refractivity contribution in [3.05, 3.63) is 52.7 Å². The zero-order valence-corrected chi connectivity index (χ0v) is 18.8. The van der Waals surface area contributed by atoms with Crippen LogP contribution in [0, 0.1) is 11.8 Å². The van der Waals surface area contributed by atoms with E-state index in [1.807, 2.05) is 18.2 Å². The summed E-state index contributed by atoms with van der Waals surface area (Å²) in [4.78, 5) is 28.3. The van der Waals surface area contributed by atoms with E-state index >= 15 is 0 Å². The van der Waals surface area contributed by atoms with Gasteiger partial charge in [0.2, 0.25) is 5.95 Å². The van der Waals surface area contributed by atoms with E-state index < -0.39 is 0 Å². The Hall–Kier alpha value is -2.96. The molecule has 2 atom stereocenters. The molecule has 1 aliphatic carbocycles. The van der Waals surface area contributed by atoms with Crippen LogP contribution < -0.4 is 15.6 Å². The van der Waals surface area contributed by atoms with Crippen molar-refractivity contribution in [1.29, 1.82) is 0 Å². The first kappa shape index (κ1) is 22.2. The number of benzene rings is 1. The van der Waals surface area contributed by atoms with Gasteiger partial charge in [-0.25, -0.2) is 15.0 Å². The summed E-state index contributed by atoms with van der Waals surface area (Å²) in [5.74, 6) is 3.07. The molecular weight excluding hydrogens is 402 g/mol. The van der Waals surface area contributed by atoms with Crippen molar-refractivity contribution in [3.63, 3.8) is 0 Å². The molecule has 7 nitrogen and oxygen atoms in total. The van der Waals surface area contributed by atoms with Crippen molar-refractivity contribution in [1.82, 2.24) is 19.9 Å². The van der Waals surface area contributed by atoms with Gasteiger partial charge in [0.15, 0.2) is 0 Å². The van der Waals surface area contributed by atoms with Crippen LogP contribution in [0.4, 0.5) is 5.95 Å². The first-order valence-electron chi connectivity index (χ1n) is 11.9. The van der Waals surface area contributed by atoms with Crippen LogP contribution in [0.3, 0.4) is 0 Å². The summed E-state index contributed by atoms with van der Waals surface area (Å²) in [6.07, 6.45) is 13.1. The number of fused-ring (bicyclic) bond motifs is 1. The third kappa shape index (κ3) is 6.05. The minimum absolute atomic E-state index is 0.0954. The monoisotopic (exact) mass is 435 g/mol. The minimum Gasteiger partial charge on any atom is -0.492 e. The highest BCUT2D eigenvalue weighted by Crippen LogP contribution is 2.34. The molecule has 7 heteroatoms. The highest BCUT2D eigenvalue weighted by Gasteiger charge is 2.22. The third-order valence-electron chi connectivity index (χ3n) is 6.48. The number of ether oxygens (including phenoxy) is 1. The average molecular weight is 436 g/mol. The summed E-state index contributed by atoms with van der Waals surface area (Å²) in [5, 5.41) is 3.10. The molecule has 32 heavy (non-hydrogen) atoms. The number of anilines is 1. The topological polar surface area (TPSA) is 92.8 Å². The van der Waals surface area contributed by atoms with E-state index in [0.717, 1.165) is 36.6 Å². The summed E-state index contributed by atoms with van der Waals surface area (Å²) in [6.45, 7) is 3.43. The number of rotatable bonds is 11. The van der Waals surface area contributed by atoms with E-state index in [4.69, 9.17) is 4.74 Å². The first-order valence-corrected chi connectivity index (χ1v) is 11.9. The van der Waals surface area contributed by atoms with E-state index in [1.165, 1.54) is 32.1 Å². The molecule has 2 N–H and O–H groups in total. The molecule has 0 aliphatic heterocycles. The lowest BCUT2D eigenvalue weighted by Gasteiger charge is -2.14. The average Bonchev–Trinajstić information content (AvgIpc) is 3.22. The van der Waals surface area contributed by atoms with Crippen LogP contribution in [0.5, 0.6) is 5.75 Å². The van der Waals surface area contributed by atoms with Crippen LogP contribution in [-0.2, 0) is 6.42 Å². The summed E-state index contributed by atoms with van der Waals surface area (Å²) in [7, 11) is 0. The summed E-state index contributed by atoms with van der Waals surface area (Å²) in [6, 6.07) is 7.39. The quantitative estimate of drug-likeness (QED) is 0.423. The van der Waals surface area contributed by atoms with Gasteiger partial charge < -0.3 is 15.0 Å². The summed E-state index contributed by atoms with van der Waals surface area (Å²) in [5.41, 5.74) is 2.03. The zero-order chi connectivity index (χ0) is 22.2. The van der Waals surface area contributed by atoms with Gasteiger partial charge in [-0.2, -0.15) is 0 Å². The molecular formula is C25H33N5O2. The number of aromatic nitrogens is 4. The SMILES string of the molecule is CC1CCCC1CCCCCc1nc2ccc(OCCNc3ncccn3)cc2[nH]c1=O. The van der Waals surface area contributed by atoms with Crippen LogP contribution in [0.15, 0.2) is 41.5 Å². The molecule has 2 unspecified atom stereocenters. The molecule has 170 valence electrons. The Labute approximate surface area is 189 Å². The third-order valence-corrected chi connectivity index (χ3v) is 6.48. The lowest BCUT2D eigenvalue weighted by atomic mass is 9.92. The Morgan fingerprint density at radius 2 is 2.03 bits per heavy atom. The van der Waals surface area contributed by atoms with Crippen molar-refractivity contribution in [2.75, 3.05) is 18.5 Å². The number of hydrogen-bond donors (Lipinski definition) is 2. The fraction of sp³-hybridized carbons (Fsp3) is 0.520. The molecule has 0 radical (unpaired) electrons. The molecule has 0 saturated heterocycles. The second kappa shape index (κ2) is 11.1. The van der Waals surface area contributed by atoms with Crippen molar-refractivity contribution in [2.45, 2.75) is 58.3 Å². The molecule has 2 aromatic heterocycles. The van der Waals surface area contributed by atoms with Gasteiger partial charge in [0.05, 0.1) is 17.6 Å². The number of aromatic amines is 1. The largest absolute Gasteiger partial charge is 0.492 e. The van der Waals surface area contributed by atoms with Crippen molar-refractivity contribution >= 4 is 17.0 Å². The minimum atomic E-state index is -0.0954. The fourth-order valence-electron chi connectivity index (χ4n) is 4.61. The number of aryl methyl sites for hydroxylation is 1. The van der Waals surface area contributed by atoms with Gasteiger partial charge in [-0.3, -0.25) is 4.79 Å². The number of unbranched alkanes of at least 4 members (excludes halogenated alkanes) is 2. The standard InChI is InChI=1S/C25H33N5O2/c1-18-7-5-9-19(18)8-3-2-4-10-22-24(31)30-23-17-20(11-12-21(23)29-22)32-16-15-28-25-26-13-6-14-27-25/h6,11-14,17-19H,2-5,7-10,15-16H2,1H3,(H,30,31)(H,26,27,28). The van der Waals surface area contributed by atoms with E-state index in [1.54, 1.807) is 18.5 Å². The Kier molecular flexibility index (Phi) is 7.69. The highest BCUT2D eigenvalue weighted by atomic mass is 16.5. The van der Waals surface area contributed by atoms with Gasteiger partial charge in [0.1, 0.15) is 18.1 Å². The number of nitrogens with one attached hydrogen (secondary N) is 2. The Bertz CT molecular complexity index is 1050. The molecule has 4 rings (SSSR count). The van der Waals surface area contributed by atoms with Gasteiger partial charge >= 0.3 is 0 Å².